The number of amides is 1. The number of carbonyl (C=O) groups excluding carboxylic acids is 1. The van der Waals surface area contributed by atoms with Crippen molar-refractivity contribution in [3.8, 4) is 0 Å². The third kappa shape index (κ3) is 4.99. The lowest BCUT2D eigenvalue weighted by Crippen LogP contribution is -2.13. The van der Waals surface area contributed by atoms with Crippen LogP contribution in [0.5, 0.6) is 0 Å². The topological polar surface area (TPSA) is 63.2 Å². The van der Waals surface area contributed by atoms with Crippen LogP contribution in [-0.4, -0.2) is 17.7 Å². The molecular weight excluding hydrogens is 266 g/mol. The number of aromatic nitrogens is 1. The summed E-state index contributed by atoms with van der Waals surface area (Å²) >= 11 is 0. The van der Waals surface area contributed by atoms with Crippen LogP contribution in [-0.2, 0) is 11.3 Å². The van der Waals surface area contributed by atoms with Crippen molar-refractivity contribution in [3.63, 3.8) is 0 Å². The van der Waals surface area contributed by atoms with Gasteiger partial charge >= 0.3 is 6.09 Å². The molecular formula is C16H17N3O2. The van der Waals surface area contributed by atoms with Gasteiger partial charge in [-0.25, -0.2) is 9.78 Å². The fourth-order valence-electron chi connectivity index (χ4n) is 1.71. The van der Waals surface area contributed by atoms with E-state index >= 15 is 0 Å². The van der Waals surface area contributed by atoms with E-state index in [0.29, 0.717) is 12.2 Å². The smallest absolute Gasteiger partial charge is 0.411 e. The quantitative estimate of drug-likeness (QED) is 0.797. The van der Waals surface area contributed by atoms with Crippen LogP contribution in [0, 0.1) is 0 Å². The van der Waals surface area contributed by atoms with Gasteiger partial charge in [-0.05, 0) is 29.8 Å². The summed E-state index contributed by atoms with van der Waals surface area (Å²) in [5.74, 6) is 0.807. The van der Waals surface area contributed by atoms with Crippen LogP contribution in [0.4, 0.5) is 16.3 Å². The van der Waals surface area contributed by atoms with Gasteiger partial charge < -0.3 is 10.1 Å². The van der Waals surface area contributed by atoms with Gasteiger partial charge in [0.25, 0.3) is 0 Å². The van der Waals surface area contributed by atoms with Crippen molar-refractivity contribution in [2.45, 2.75) is 6.54 Å². The zero-order valence-electron chi connectivity index (χ0n) is 11.6. The molecule has 0 radical (unpaired) electrons. The lowest BCUT2D eigenvalue weighted by atomic mass is 10.2. The molecule has 2 rings (SSSR count). The molecule has 0 aliphatic rings. The maximum absolute atomic E-state index is 11.5. The summed E-state index contributed by atoms with van der Waals surface area (Å²) in [5.41, 5.74) is 1.71. The van der Waals surface area contributed by atoms with Gasteiger partial charge in [0.15, 0.2) is 0 Å². The fourth-order valence-corrected chi connectivity index (χ4v) is 1.71. The number of hydrogen-bond donors (Lipinski definition) is 2. The Bertz CT molecular complexity index is 599. The molecule has 0 unspecified atom stereocenters. The van der Waals surface area contributed by atoms with Gasteiger partial charge in [0.2, 0.25) is 0 Å². The van der Waals surface area contributed by atoms with Gasteiger partial charge in [0, 0.05) is 18.4 Å². The van der Waals surface area contributed by atoms with Crippen LogP contribution >= 0.6 is 0 Å². The van der Waals surface area contributed by atoms with Crippen molar-refractivity contribution < 1.29 is 9.53 Å². The van der Waals surface area contributed by atoms with E-state index in [1.54, 1.807) is 12.3 Å². The Kier molecular flexibility index (Phi) is 5.34. The zero-order valence-corrected chi connectivity index (χ0v) is 11.6. The van der Waals surface area contributed by atoms with Crippen LogP contribution in [0.15, 0.2) is 61.3 Å². The molecule has 1 aromatic heterocycles. The average Bonchev–Trinajstić information content (AvgIpc) is 2.52. The molecule has 1 amide bonds. The lowest BCUT2D eigenvalue weighted by Gasteiger charge is -2.08. The van der Waals surface area contributed by atoms with Gasteiger partial charge in [-0.2, -0.15) is 0 Å². The second-order valence-corrected chi connectivity index (χ2v) is 4.28. The zero-order chi connectivity index (χ0) is 14.9. The minimum atomic E-state index is -0.496. The average molecular weight is 283 g/mol. The summed E-state index contributed by atoms with van der Waals surface area (Å²) in [5, 5.41) is 5.87. The minimum absolute atomic E-state index is 0.187. The first-order valence-corrected chi connectivity index (χ1v) is 6.56. The Morgan fingerprint density at radius 2 is 2.19 bits per heavy atom. The van der Waals surface area contributed by atoms with E-state index in [1.165, 1.54) is 6.08 Å². The Balaban J connectivity index is 1.91. The van der Waals surface area contributed by atoms with Crippen LogP contribution in [0.2, 0.25) is 0 Å². The number of ether oxygens (including phenoxy) is 1. The van der Waals surface area contributed by atoms with Gasteiger partial charge in [-0.15, -0.1) is 0 Å². The maximum Gasteiger partial charge on any atom is 0.411 e. The first kappa shape index (κ1) is 14.6. The molecule has 0 bridgehead atoms. The Hall–Kier alpha value is -2.82. The van der Waals surface area contributed by atoms with Crippen molar-refractivity contribution in [2.75, 3.05) is 17.2 Å². The van der Waals surface area contributed by atoms with Gasteiger partial charge in [0.05, 0.1) is 0 Å². The molecule has 108 valence electrons. The highest BCUT2D eigenvalue weighted by Crippen LogP contribution is 2.12. The first-order chi connectivity index (χ1) is 10.3. The van der Waals surface area contributed by atoms with E-state index < -0.39 is 6.09 Å². The highest BCUT2D eigenvalue weighted by molar-refractivity contribution is 5.84. The number of anilines is 2. The van der Waals surface area contributed by atoms with Crippen LogP contribution in [0.25, 0.3) is 0 Å². The van der Waals surface area contributed by atoms with Gasteiger partial charge in [-0.3, -0.25) is 5.32 Å². The summed E-state index contributed by atoms with van der Waals surface area (Å²) < 4.78 is 4.87. The molecule has 2 N–H and O–H groups in total. The highest BCUT2D eigenvalue weighted by Gasteiger charge is 2.03. The number of carbonyl (C=O) groups is 1. The van der Waals surface area contributed by atoms with Gasteiger partial charge in [0.1, 0.15) is 12.4 Å². The minimum Gasteiger partial charge on any atom is -0.445 e. The molecule has 0 spiro atoms. The van der Waals surface area contributed by atoms with Crippen molar-refractivity contribution >= 4 is 17.6 Å². The Labute approximate surface area is 123 Å². The molecule has 0 saturated carbocycles. The molecule has 5 nitrogen and oxygen atoms in total. The van der Waals surface area contributed by atoms with E-state index in [9.17, 15) is 4.79 Å². The van der Waals surface area contributed by atoms with Crippen molar-refractivity contribution in [1.82, 2.24) is 4.98 Å². The predicted molar refractivity (Wildman–Crippen MR) is 83.2 cm³/mol. The SMILES string of the molecule is C=CCOC(=O)Nc1cccc(CNc2ccccn2)c1. The second-order valence-electron chi connectivity index (χ2n) is 4.28. The Morgan fingerprint density at radius 1 is 1.29 bits per heavy atom. The normalized spacial score (nSPS) is 9.71. The third-order valence-electron chi connectivity index (χ3n) is 2.64. The molecule has 21 heavy (non-hydrogen) atoms. The number of nitrogens with zero attached hydrogens (tertiary/aromatic N) is 1. The third-order valence-corrected chi connectivity index (χ3v) is 2.64. The summed E-state index contributed by atoms with van der Waals surface area (Å²) in [6, 6.07) is 13.2. The van der Waals surface area contributed by atoms with E-state index in [4.69, 9.17) is 4.74 Å². The summed E-state index contributed by atoms with van der Waals surface area (Å²) in [4.78, 5) is 15.6. The molecule has 0 aliphatic carbocycles. The molecule has 0 saturated heterocycles. The standard InChI is InChI=1S/C16H17N3O2/c1-2-10-21-16(20)19-14-7-5-6-13(11-14)12-18-15-8-3-4-9-17-15/h2-9,11H,1,10,12H2,(H,17,18)(H,19,20). The van der Waals surface area contributed by atoms with Crippen molar-refractivity contribution in [1.29, 1.82) is 0 Å². The molecule has 1 heterocycles. The van der Waals surface area contributed by atoms with Crippen molar-refractivity contribution in [3.05, 3.63) is 66.9 Å². The molecule has 0 fully saturated rings. The number of rotatable bonds is 6. The molecule has 0 aliphatic heterocycles. The monoisotopic (exact) mass is 283 g/mol. The lowest BCUT2D eigenvalue weighted by molar-refractivity contribution is 0.174. The Morgan fingerprint density at radius 3 is 2.95 bits per heavy atom. The van der Waals surface area contributed by atoms with Gasteiger partial charge in [-0.1, -0.05) is 30.9 Å². The highest BCUT2D eigenvalue weighted by atomic mass is 16.5. The van der Waals surface area contributed by atoms with E-state index in [1.807, 2.05) is 36.4 Å². The maximum atomic E-state index is 11.5. The van der Waals surface area contributed by atoms with Crippen LogP contribution < -0.4 is 10.6 Å². The van der Waals surface area contributed by atoms with E-state index in [2.05, 4.69) is 22.2 Å². The summed E-state index contributed by atoms with van der Waals surface area (Å²) in [7, 11) is 0. The summed E-state index contributed by atoms with van der Waals surface area (Å²) in [6.07, 6.45) is 2.76. The number of hydrogen-bond acceptors (Lipinski definition) is 4. The predicted octanol–water partition coefficient (Wildman–Crippen LogP) is 3.43. The number of pyridine rings is 1. The number of nitrogens with one attached hydrogen (secondary N) is 2. The molecule has 5 heteroatoms. The number of benzene rings is 1. The molecule has 0 atom stereocenters. The van der Waals surface area contributed by atoms with E-state index in [-0.39, 0.29) is 6.61 Å². The largest absolute Gasteiger partial charge is 0.445 e. The summed E-state index contributed by atoms with van der Waals surface area (Å²) in [6.45, 7) is 4.29. The second kappa shape index (κ2) is 7.69. The molecule has 1 aromatic carbocycles. The fraction of sp³-hybridized carbons (Fsp3) is 0.125. The van der Waals surface area contributed by atoms with Crippen LogP contribution in [0.3, 0.4) is 0 Å². The molecule has 2 aromatic rings. The van der Waals surface area contributed by atoms with E-state index in [0.717, 1.165) is 11.4 Å². The first-order valence-electron chi connectivity index (χ1n) is 6.56. The van der Waals surface area contributed by atoms with Crippen LogP contribution in [0.1, 0.15) is 5.56 Å². The van der Waals surface area contributed by atoms with Crippen molar-refractivity contribution in [2.24, 2.45) is 0 Å².